The second kappa shape index (κ2) is 11.8. The summed E-state index contributed by atoms with van der Waals surface area (Å²) in [5.74, 6) is -0.0112. The van der Waals surface area contributed by atoms with E-state index in [1.54, 1.807) is 32.2 Å². The van der Waals surface area contributed by atoms with E-state index in [1.807, 2.05) is 36.4 Å². The van der Waals surface area contributed by atoms with Crippen molar-refractivity contribution in [3.05, 3.63) is 94.8 Å². The quantitative estimate of drug-likeness (QED) is 0.416. The molecular weight excluding hydrogens is 493 g/mol. The fourth-order valence-corrected chi connectivity index (χ4v) is 5.87. The number of nitriles is 1. The van der Waals surface area contributed by atoms with Gasteiger partial charge >= 0.3 is 0 Å². The summed E-state index contributed by atoms with van der Waals surface area (Å²) in [4.78, 5) is 1.88. The van der Waals surface area contributed by atoms with E-state index in [4.69, 9.17) is 14.7 Å². The van der Waals surface area contributed by atoms with Crippen LogP contribution in [0.5, 0.6) is 5.75 Å². The van der Waals surface area contributed by atoms with E-state index in [0.29, 0.717) is 37.4 Å². The highest BCUT2D eigenvalue weighted by atomic mass is 32.2. The Bertz CT molecular complexity index is 1360. The van der Waals surface area contributed by atoms with Gasteiger partial charge in [0, 0.05) is 32.7 Å². The summed E-state index contributed by atoms with van der Waals surface area (Å²) in [7, 11) is -2.31. The molecule has 0 spiro atoms. The van der Waals surface area contributed by atoms with Crippen LogP contribution in [0, 0.1) is 24.1 Å². The van der Waals surface area contributed by atoms with Gasteiger partial charge in [0.1, 0.15) is 16.5 Å². The zero-order chi connectivity index (χ0) is 26.4. The minimum Gasteiger partial charge on any atom is -0.497 e. The van der Waals surface area contributed by atoms with Gasteiger partial charge in [-0.25, -0.2) is 12.8 Å². The molecule has 1 atom stereocenters. The molecule has 9 heteroatoms. The second-order valence-electron chi connectivity index (χ2n) is 9.02. The first kappa shape index (κ1) is 26.8. The molecule has 7 nitrogen and oxygen atoms in total. The molecule has 1 aliphatic rings. The Morgan fingerprint density at radius 3 is 2.43 bits per heavy atom. The Kier molecular flexibility index (Phi) is 8.56. The minimum absolute atomic E-state index is 0.260. The van der Waals surface area contributed by atoms with E-state index in [1.165, 1.54) is 16.4 Å². The first-order valence-corrected chi connectivity index (χ1v) is 13.5. The number of hydrogen-bond donors (Lipinski definition) is 0. The SMILES string of the molecule is COc1cccc(C(CN2CCN(S(=O)(=O)c3cc(C)ccc3F)CC2)OCc2ccc(C#N)cc2)c1. The predicted molar refractivity (Wildman–Crippen MR) is 138 cm³/mol. The van der Waals surface area contributed by atoms with Gasteiger partial charge in [-0.3, -0.25) is 4.90 Å². The van der Waals surface area contributed by atoms with Crippen molar-refractivity contribution in [2.45, 2.75) is 24.5 Å². The van der Waals surface area contributed by atoms with E-state index in [0.717, 1.165) is 16.9 Å². The van der Waals surface area contributed by atoms with Crippen molar-refractivity contribution >= 4 is 10.0 Å². The third-order valence-corrected chi connectivity index (χ3v) is 8.37. The lowest BCUT2D eigenvalue weighted by molar-refractivity contribution is 0.00762. The van der Waals surface area contributed by atoms with Crippen LogP contribution in [0.2, 0.25) is 0 Å². The van der Waals surface area contributed by atoms with Crippen LogP contribution in [-0.2, 0) is 21.4 Å². The lowest BCUT2D eigenvalue weighted by Gasteiger charge is -2.36. The molecule has 0 aromatic heterocycles. The first-order valence-electron chi connectivity index (χ1n) is 12.0. The zero-order valence-corrected chi connectivity index (χ0v) is 21.7. The number of halogens is 1. The van der Waals surface area contributed by atoms with Crippen molar-refractivity contribution in [1.82, 2.24) is 9.21 Å². The van der Waals surface area contributed by atoms with Crippen LogP contribution in [0.4, 0.5) is 4.39 Å². The Morgan fingerprint density at radius 1 is 1.03 bits per heavy atom. The smallest absolute Gasteiger partial charge is 0.246 e. The summed E-state index contributed by atoms with van der Waals surface area (Å²) >= 11 is 0. The summed E-state index contributed by atoms with van der Waals surface area (Å²) < 4.78 is 53.6. The lowest BCUT2D eigenvalue weighted by Crippen LogP contribution is -2.49. The van der Waals surface area contributed by atoms with E-state index in [2.05, 4.69) is 11.0 Å². The molecule has 0 saturated carbocycles. The van der Waals surface area contributed by atoms with E-state index in [9.17, 15) is 12.8 Å². The van der Waals surface area contributed by atoms with Gasteiger partial charge in [-0.15, -0.1) is 0 Å². The molecule has 1 aliphatic heterocycles. The van der Waals surface area contributed by atoms with Crippen LogP contribution in [0.3, 0.4) is 0 Å². The average Bonchev–Trinajstić information content (AvgIpc) is 2.92. The van der Waals surface area contributed by atoms with Gasteiger partial charge in [0.15, 0.2) is 0 Å². The number of aryl methyl sites for hydroxylation is 1. The molecule has 0 aliphatic carbocycles. The summed E-state index contributed by atoms with van der Waals surface area (Å²) in [5.41, 5.74) is 3.18. The number of methoxy groups -OCH3 is 1. The van der Waals surface area contributed by atoms with Crippen LogP contribution >= 0.6 is 0 Å². The molecule has 0 amide bonds. The Hall–Kier alpha value is -3.29. The van der Waals surface area contributed by atoms with Crippen molar-refractivity contribution in [1.29, 1.82) is 5.26 Å². The maximum absolute atomic E-state index is 14.3. The van der Waals surface area contributed by atoms with Crippen molar-refractivity contribution in [3.8, 4) is 11.8 Å². The average molecular weight is 524 g/mol. The molecular formula is C28H30FN3O4S. The molecule has 0 bridgehead atoms. The fourth-order valence-electron chi connectivity index (χ4n) is 4.30. The Morgan fingerprint density at radius 2 is 1.76 bits per heavy atom. The van der Waals surface area contributed by atoms with Crippen molar-refractivity contribution in [3.63, 3.8) is 0 Å². The molecule has 0 N–H and O–H groups in total. The van der Waals surface area contributed by atoms with E-state index >= 15 is 0 Å². The Labute approximate surface area is 217 Å². The highest BCUT2D eigenvalue weighted by Crippen LogP contribution is 2.26. The number of rotatable bonds is 9. The molecule has 3 aromatic rings. The molecule has 1 heterocycles. The minimum atomic E-state index is -3.92. The van der Waals surface area contributed by atoms with Crippen LogP contribution in [0.1, 0.15) is 28.4 Å². The fraction of sp³-hybridized carbons (Fsp3) is 0.321. The largest absolute Gasteiger partial charge is 0.497 e. The van der Waals surface area contributed by atoms with Crippen LogP contribution in [0.15, 0.2) is 71.6 Å². The van der Waals surface area contributed by atoms with Crippen LogP contribution in [-0.4, -0.2) is 57.5 Å². The van der Waals surface area contributed by atoms with E-state index in [-0.39, 0.29) is 24.1 Å². The number of ether oxygens (including phenoxy) is 2. The van der Waals surface area contributed by atoms with Gasteiger partial charge in [0.05, 0.1) is 31.5 Å². The molecule has 194 valence electrons. The summed E-state index contributed by atoms with van der Waals surface area (Å²) in [6.45, 7) is 4.16. The van der Waals surface area contributed by atoms with Crippen molar-refractivity contribution in [2.75, 3.05) is 39.8 Å². The highest BCUT2D eigenvalue weighted by Gasteiger charge is 2.31. The molecule has 3 aromatic carbocycles. The normalized spacial score (nSPS) is 15.7. The highest BCUT2D eigenvalue weighted by molar-refractivity contribution is 7.89. The standard InChI is InChI=1S/C28H30FN3O4S/c1-21-6-11-26(29)28(16-21)37(33,34)32-14-12-31(13-15-32)19-27(24-4-3-5-25(17-24)35-2)36-20-23-9-7-22(18-30)8-10-23/h3-11,16-17,27H,12-15,19-20H2,1-2H3. The molecule has 1 fully saturated rings. The number of nitrogens with zero attached hydrogens (tertiary/aromatic N) is 3. The summed E-state index contributed by atoms with van der Waals surface area (Å²) in [6.07, 6.45) is -0.289. The maximum Gasteiger partial charge on any atom is 0.246 e. The first-order chi connectivity index (χ1) is 17.8. The molecule has 0 radical (unpaired) electrons. The maximum atomic E-state index is 14.3. The van der Waals surface area contributed by atoms with Gasteiger partial charge < -0.3 is 9.47 Å². The van der Waals surface area contributed by atoms with Gasteiger partial charge in [0.25, 0.3) is 0 Å². The number of hydrogen-bond acceptors (Lipinski definition) is 6. The van der Waals surface area contributed by atoms with Gasteiger partial charge in [-0.2, -0.15) is 9.57 Å². The number of benzene rings is 3. The third kappa shape index (κ3) is 6.53. The zero-order valence-electron chi connectivity index (χ0n) is 20.9. The molecule has 4 rings (SSSR count). The number of piperazine rings is 1. The third-order valence-electron chi connectivity index (χ3n) is 6.46. The topological polar surface area (TPSA) is 82.9 Å². The van der Waals surface area contributed by atoms with Crippen LogP contribution < -0.4 is 4.74 Å². The van der Waals surface area contributed by atoms with E-state index < -0.39 is 15.8 Å². The number of sulfonamides is 1. The van der Waals surface area contributed by atoms with Gasteiger partial charge in [0.2, 0.25) is 10.0 Å². The predicted octanol–water partition coefficient (Wildman–Crippen LogP) is 4.28. The molecule has 1 unspecified atom stereocenters. The summed E-state index contributed by atoms with van der Waals surface area (Å²) in [5, 5.41) is 9.03. The lowest BCUT2D eigenvalue weighted by atomic mass is 10.1. The monoisotopic (exact) mass is 523 g/mol. The Balaban J connectivity index is 1.45. The molecule has 37 heavy (non-hydrogen) atoms. The van der Waals surface area contributed by atoms with Crippen molar-refractivity contribution < 1.29 is 22.3 Å². The van der Waals surface area contributed by atoms with Gasteiger partial charge in [-0.05, 0) is 60.0 Å². The van der Waals surface area contributed by atoms with Crippen molar-refractivity contribution in [2.24, 2.45) is 0 Å². The second-order valence-corrected chi connectivity index (χ2v) is 10.9. The summed E-state index contributed by atoms with van der Waals surface area (Å²) in [6, 6.07) is 21.2. The molecule has 1 saturated heterocycles. The van der Waals surface area contributed by atoms with Gasteiger partial charge in [-0.1, -0.05) is 30.3 Å². The van der Waals surface area contributed by atoms with Crippen LogP contribution in [0.25, 0.3) is 0 Å².